The van der Waals surface area contributed by atoms with Gasteiger partial charge in [0, 0.05) is 5.69 Å². The first-order chi connectivity index (χ1) is 9.88. The number of furan rings is 1. The molecule has 6 heteroatoms. The van der Waals surface area contributed by atoms with Crippen molar-refractivity contribution in [1.82, 2.24) is 0 Å². The van der Waals surface area contributed by atoms with E-state index in [4.69, 9.17) is 4.42 Å². The van der Waals surface area contributed by atoms with Crippen LogP contribution in [0, 0.1) is 0 Å². The molecule has 0 N–H and O–H groups in total. The zero-order valence-electron chi connectivity index (χ0n) is 11.1. The maximum Gasteiger partial charge on any atom is 0.449 e. The number of hydrogen-bond donors (Lipinski definition) is 0. The number of para-hydroxylation sites is 1. The van der Waals surface area contributed by atoms with Gasteiger partial charge >= 0.3 is 6.18 Å². The summed E-state index contributed by atoms with van der Waals surface area (Å²) in [5, 5.41) is 0. The van der Waals surface area contributed by atoms with Crippen molar-refractivity contribution in [3.63, 3.8) is 0 Å². The molecule has 1 aromatic carbocycles. The summed E-state index contributed by atoms with van der Waals surface area (Å²) in [7, 11) is 0. The number of rotatable bonds is 2. The van der Waals surface area contributed by atoms with Crippen LogP contribution in [0.2, 0.25) is 0 Å². The van der Waals surface area contributed by atoms with Gasteiger partial charge in [0.15, 0.2) is 0 Å². The van der Waals surface area contributed by atoms with Gasteiger partial charge < -0.3 is 9.32 Å². The number of carbonyl (C=O) groups excluding carboxylic acids is 1. The number of halogens is 3. The number of anilines is 1. The van der Waals surface area contributed by atoms with E-state index in [0.29, 0.717) is 0 Å². The van der Waals surface area contributed by atoms with E-state index in [2.05, 4.69) is 0 Å². The Morgan fingerprint density at radius 2 is 1.90 bits per heavy atom. The van der Waals surface area contributed by atoms with Gasteiger partial charge in [0.25, 0.3) is 0 Å². The van der Waals surface area contributed by atoms with Crippen LogP contribution in [0.3, 0.4) is 0 Å². The van der Waals surface area contributed by atoms with Crippen molar-refractivity contribution in [3.8, 4) is 0 Å². The molecule has 0 bridgehead atoms. The number of nitrogens with zero attached hydrogens (tertiary/aromatic N) is 1. The zero-order valence-corrected chi connectivity index (χ0v) is 11.1. The van der Waals surface area contributed by atoms with Gasteiger partial charge in [-0.3, -0.25) is 4.79 Å². The van der Waals surface area contributed by atoms with Crippen LogP contribution in [0.15, 0.2) is 40.8 Å². The van der Waals surface area contributed by atoms with Crippen molar-refractivity contribution in [2.45, 2.75) is 25.6 Å². The summed E-state index contributed by atoms with van der Waals surface area (Å²) in [5.74, 6) is -1.37. The smallest absolute Gasteiger partial charge is 0.449 e. The van der Waals surface area contributed by atoms with Gasteiger partial charge in [-0.1, -0.05) is 18.2 Å². The fourth-order valence-corrected chi connectivity index (χ4v) is 2.52. The van der Waals surface area contributed by atoms with E-state index in [0.717, 1.165) is 17.3 Å². The molecular formula is C15H12F3NO2. The van der Waals surface area contributed by atoms with Crippen LogP contribution in [-0.2, 0) is 17.5 Å². The maximum absolute atomic E-state index is 12.5. The number of hydrogen-bond acceptors (Lipinski definition) is 2. The van der Waals surface area contributed by atoms with Crippen LogP contribution < -0.4 is 4.90 Å². The zero-order chi connectivity index (χ0) is 15.2. The highest BCUT2D eigenvalue weighted by Crippen LogP contribution is 2.38. The Labute approximate surface area is 119 Å². The SMILES string of the molecule is CC1C(=O)N(Cc2ccc(C(F)(F)F)o2)c2ccccc21. The molecule has 2 aromatic rings. The molecule has 110 valence electrons. The molecule has 0 saturated heterocycles. The van der Waals surface area contributed by atoms with E-state index < -0.39 is 11.9 Å². The Hall–Kier alpha value is -2.24. The van der Waals surface area contributed by atoms with Crippen LogP contribution in [0.25, 0.3) is 0 Å². The topological polar surface area (TPSA) is 33.5 Å². The molecule has 0 saturated carbocycles. The minimum atomic E-state index is -4.52. The molecular weight excluding hydrogens is 283 g/mol. The Morgan fingerprint density at radius 1 is 1.19 bits per heavy atom. The van der Waals surface area contributed by atoms with E-state index in [9.17, 15) is 18.0 Å². The Balaban J connectivity index is 1.89. The molecule has 1 atom stereocenters. The van der Waals surface area contributed by atoms with Gasteiger partial charge in [0.2, 0.25) is 11.7 Å². The maximum atomic E-state index is 12.5. The average Bonchev–Trinajstić information content (AvgIpc) is 2.99. The lowest BCUT2D eigenvalue weighted by Crippen LogP contribution is -2.27. The number of carbonyl (C=O) groups is 1. The number of benzene rings is 1. The monoisotopic (exact) mass is 295 g/mol. The van der Waals surface area contributed by atoms with Gasteiger partial charge in [-0.2, -0.15) is 13.2 Å². The second kappa shape index (κ2) is 4.65. The predicted octanol–water partition coefficient (Wildman–Crippen LogP) is 3.95. The highest BCUT2D eigenvalue weighted by molar-refractivity contribution is 6.04. The highest BCUT2D eigenvalue weighted by Gasteiger charge is 2.37. The Kier molecular flexibility index (Phi) is 3.04. The standard InChI is InChI=1S/C15H12F3NO2/c1-9-11-4-2-3-5-12(11)19(14(9)20)8-10-6-7-13(21-10)15(16,17)18/h2-7,9H,8H2,1H3. The number of amides is 1. The molecule has 1 aromatic heterocycles. The Bertz CT molecular complexity index is 690. The summed E-state index contributed by atoms with van der Waals surface area (Å²) in [6.07, 6.45) is -4.52. The van der Waals surface area contributed by atoms with Crippen molar-refractivity contribution in [2.24, 2.45) is 0 Å². The fourth-order valence-electron chi connectivity index (χ4n) is 2.52. The summed E-state index contributed by atoms with van der Waals surface area (Å²) in [6, 6.07) is 9.39. The quantitative estimate of drug-likeness (QED) is 0.840. The molecule has 21 heavy (non-hydrogen) atoms. The lowest BCUT2D eigenvalue weighted by molar-refractivity contribution is -0.153. The Morgan fingerprint density at radius 3 is 2.57 bits per heavy atom. The molecule has 1 aliphatic heterocycles. The van der Waals surface area contributed by atoms with E-state index in [1.807, 2.05) is 12.1 Å². The van der Waals surface area contributed by atoms with Crippen LogP contribution in [-0.4, -0.2) is 5.91 Å². The molecule has 3 nitrogen and oxygen atoms in total. The molecule has 0 spiro atoms. The van der Waals surface area contributed by atoms with Gasteiger partial charge in [0.05, 0.1) is 12.5 Å². The van der Waals surface area contributed by atoms with E-state index in [1.54, 1.807) is 19.1 Å². The second-order valence-corrected chi connectivity index (χ2v) is 4.97. The minimum absolute atomic E-state index is 0.00370. The molecule has 1 amide bonds. The van der Waals surface area contributed by atoms with Crippen molar-refractivity contribution < 1.29 is 22.4 Å². The summed E-state index contributed by atoms with van der Waals surface area (Å²) < 4.78 is 42.3. The lowest BCUT2D eigenvalue weighted by atomic mass is 10.0. The van der Waals surface area contributed by atoms with Crippen molar-refractivity contribution in [1.29, 1.82) is 0 Å². The van der Waals surface area contributed by atoms with Gasteiger partial charge in [-0.15, -0.1) is 0 Å². The summed E-state index contributed by atoms with van der Waals surface area (Å²) in [5.41, 5.74) is 1.60. The third kappa shape index (κ3) is 2.30. The van der Waals surface area contributed by atoms with Crippen LogP contribution in [0.4, 0.5) is 18.9 Å². The van der Waals surface area contributed by atoms with Gasteiger partial charge in [-0.05, 0) is 30.7 Å². The molecule has 0 radical (unpaired) electrons. The molecule has 0 fully saturated rings. The van der Waals surface area contributed by atoms with E-state index >= 15 is 0 Å². The van der Waals surface area contributed by atoms with Crippen LogP contribution >= 0.6 is 0 Å². The van der Waals surface area contributed by atoms with Crippen LogP contribution in [0.1, 0.15) is 29.9 Å². The first kappa shape index (κ1) is 13.7. The average molecular weight is 295 g/mol. The summed E-state index contributed by atoms with van der Waals surface area (Å²) >= 11 is 0. The summed E-state index contributed by atoms with van der Waals surface area (Å²) in [4.78, 5) is 13.7. The number of alkyl halides is 3. The van der Waals surface area contributed by atoms with E-state index in [-0.39, 0.29) is 24.1 Å². The van der Waals surface area contributed by atoms with Gasteiger partial charge in [-0.25, -0.2) is 0 Å². The first-order valence-corrected chi connectivity index (χ1v) is 6.44. The molecule has 0 aliphatic carbocycles. The van der Waals surface area contributed by atoms with Crippen molar-refractivity contribution >= 4 is 11.6 Å². The normalized spacial score (nSPS) is 18.2. The second-order valence-electron chi connectivity index (χ2n) is 4.97. The third-order valence-electron chi connectivity index (χ3n) is 3.59. The number of fused-ring (bicyclic) bond motifs is 1. The van der Waals surface area contributed by atoms with Gasteiger partial charge in [0.1, 0.15) is 5.76 Å². The molecule has 1 aliphatic rings. The molecule has 3 rings (SSSR count). The lowest BCUT2D eigenvalue weighted by Gasteiger charge is -2.16. The van der Waals surface area contributed by atoms with Crippen molar-refractivity contribution in [3.05, 3.63) is 53.5 Å². The van der Waals surface area contributed by atoms with E-state index in [1.165, 1.54) is 11.0 Å². The first-order valence-electron chi connectivity index (χ1n) is 6.44. The summed E-state index contributed by atoms with van der Waals surface area (Å²) in [6.45, 7) is 1.78. The predicted molar refractivity (Wildman–Crippen MR) is 69.8 cm³/mol. The van der Waals surface area contributed by atoms with Crippen LogP contribution in [0.5, 0.6) is 0 Å². The molecule has 1 unspecified atom stereocenters. The largest absolute Gasteiger partial charge is 0.455 e. The van der Waals surface area contributed by atoms with Crippen molar-refractivity contribution in [2.75, 3.05) is 4.90 Å². The third-order valence-corrected chi connectivity index (χ3v) is 3.59. The fraction of sp³-hybridized carbons (Fsp3) is 0.267. The minimum Gasteiger partial charge on any atom is -0.455 e. The highest BCUT2D eigenvalue weighted by atomic mass is 19.4. The molecule has 2 heterocycles.